The van der Waals surface area contributed by atoms with Gasteiger partial charge in [0.1, 0.15) is 0 Å². The second kappa shape index (κ2) is 4.95. The van der Waals surface area contributed by atoms with Crippen molar-refractivity contribution in [3.8, 4) is 11.4 Å². The van der Waals surface area contributed by atoms with Crippen LogP contribution < -0.4 is 0 Å². The topological polar surface area (TPSA) is 80.9 Å². The van der Waals surface area contributed by atoms with Crippen molar-refractivity contribution in [3.05, 3.63) is 29.3 Å². The number of carbonyl (C=O) groups is 1. The van der Waals surface area contributed by atoms with Gasteiger partial charge >= 0.3 is 5.97 Å². The second-order valence-corrected chi connectivity index (χ2v) is 5.92. The Labute approximate surface area is 122 Å². The lowest BCUT2D eigenvalue weighted by molar-refractivity contribution is -0.156. The predicted molar refractivity (Wildman–Crippen MR) is 76.6 cm³/mol. The molecule has 1 N–H and O–H groups in total. The van der Waals surface area contributed by atoms with E-state index in [0.29, 0.717) is 25.2 Å². The SMILES string of the molecule is Cc1ccc(-c2nnnn2CC2(C(=O)O)CCC2)c(C)c1. The van der Waals surface area contributed by atoms with Crippen molar-refractivity contribution in [2.24, 2.45) is 5.41 Å². The molecule has 1 fully saturated rings. The van der Waals surface area contributed by atoms with E-state index in [1.807, 2.05) is 26.0 Å². The first-order valence-electron chi connectivity index (χ1n) is 7.09. The Kier molecular flexibility index (Phi) is 3.23. The molecule has 1 aliphatic carbocycles. The summed E-state index contributed by atoms with van der Waals surface area (Å²) in [4.78, 5) is 11.5. The van der Waals surface area contributed by atoms with Gasteiger partial charge in [-0.3, -0.25) is 4.79 Å². The maximum absolute atomic E-state index is 11.5. The fraction of sp³-hybridized carbons (Fsp3) is 0.467. The molecule has 21 heavy (non-hydrogen) atoms. The predicted octanol–water partition coefficient (Wildman–Crippen LogP) is 2.21. The van der Waals surface area contributed by atoms with Gasteiger partial charge in [-0.15, -0.1) is 5.10 Å². The Morgan fingerprint density at radius 1 is 1.38 bits per heavy atom. The summed E-state index contributed by atoms with van der Waals surface area (Å²) < 4.78 is 1.63. The highest BCUT2D eigenvalue weighted by molar-refractivity contribution is 5.75. The van der Waals surface area contributed by atoms with Gasteiger partial charge in [0.2, 0.25) is 0 Å². The smallest absolute Gasteiger partial charge is 0.311 e. The van der Waals surface area contributed by atoms with Gasteiger partial charge in [0, 0.05) is 5.56 Å². The zero-order chi connectivity index (χ0) is 15.0. The van der Waals surface area contributed by atoms with E-state index in [2.05, 4.69) is 21.6 Å². The molecule has 0 radical (unpaired) electrons. The van der Waals surface area contributed by atoms with Crippen molar-refractivity contribution >= 4 is 5.97 Å². The van der Waals surface area contributed by atoms with Crippen molar-refractivity contribution < 1.29 is 9.90 Å². The van der Waals surface area contributed by atoms with E-state index >= 15 is 0 Å². The lowest BCUT2D eigenvalue weighted by Gasteiger charge is -2.37. The molecule has 6 heteroatoms. The maximum Gasteiger partial charge on any atom is 0.311 e. The highest BCUT2D eigenvalue weighted by atomic mass is 16.4. The molecule has 0 aliphatic heterocycles. The molecule has 1 aromatic heterocycles. The van der Waals surface area contributed by atoms with Gasteiger partial charge in [0.15, 0.2) is 5.82 Å². The number of nitrogens with zero attached hydrogens (tertiary/aromatic N) is 4. The van der Waals surface area contributed by atoms with Crippen LogP contribution in [-0.4, -0.2) is 31.3 Å². The molecule has 6 nitrogen and oxygen atoms in total. The van der Waals surface area contributed by atoms with Gasteiger partial charge in [0.25, 0.3) is 0 Å². The van der Waals surface area contributed by atoms with Crippen LogP contribution in [0.2, 0.25) is 0 Å². The summed E-state index contributed by atoms with van der Waals surface area (Å²) >= 11 is 0. The van der Waals surface area contributed by atoms with Crippen molar-refractivity contribution in [2.45, 2.75) is 39.7 Å². The molecular weight excluding hydrogens is 268 g/mol. The summed E-state index contributed by atoms with van der Waals surface area (Å²) in [6.45, 7) is 4.38. The largest absolute Gasteiger partial charge is 0.481 e. The van der Waals surface area contributed by atoms with E-state index in [4.69, 9.17) is 0 Å². The number of hydrogen-bond donors (Lipinski definition) is 1. The standard InChI is InChI=1S/C15H18N4O2/c1-10-4-5-12(11(2)8-10)13-16-17-18-19(13)9-15(14(20)21)6-3-7-15/h4-5,8H,3,6-7,9H2,1-2H3,(H,20,21). The summed E-state index contributed by atoms with van der Waals surface area (Å²) in [6, 6.07) is 6.07. The highest BCUT2D eigenvalue weighted by Crippen LogP contribution is 2.43. The fourth-order valence-corrected chi connectivity index (χ4v) is 2.90. The molecule has 3 rings (SSSR count). The third-order valence-electron chi connectivity index (χ3n) is 4.37. The fourth-order valence-electron chi connectivity index (χ4n) is 2.90. The van der Waals surface area contributed by atoms with Gasteiger partial charge in [-0.2, -0.15) is 0 Å². The molecule has 0 bridgehead atoms. The number of aliphatic carboxylic acids is 1. The first-order valence-corrected chi connectivity index (χ1v) is 7.09. The average Bonchev–Trinajstić information content (AvgIpc) is 2.81. The van der Waals surface area contributed by atoms with E-state index in [-0.39, 0.29) is 0 Å². The van der Waals surface area contributed by atoms with Crippen LogP contribution in [0.5, 0.6) is 0 Å². The minimum atomic E-state index is -0.754. The van der Waals surface area contributed by atoms with Crippen molar-refractivity contribution in [1.82, 2.24) is 20.2 Å². The molecule has 0 atom stereocenters. The minimum Gasteiger partial charge on any atom is -0.481 e. The summed E-state index contributed by atoms with van der Waals surface area (Å²) in [5.74, 6) is -0.115. The van der Waals surface area contributed by atoms with Gasteiger partial charge in [0.05, 0.1) is 12.0 Å². The van der Waals surface area contributed by atoms with Crippen molar-refractivity contribution in [2.75, 3.05) is 0 Å². The third-order valence-corrected chi connectivity index (χ3v) is 4.37. The number of tetrazole rings is 1. The first-order chi connectivity index (χ1) is 10.0. The van der Waals surface area contributed by atoms with Gasteiger partial charge in [-0.1, -0.05) is 30.2 Å². The lowest BCUT2D eigenvalue weighted by Crippen LogP contribution is -2.42. The number of hydrogen-bond acceptors (Lipinski definition) is 4. The summed E-state index contributed by atoms with van der Waals surface area (Å²) in [7, 11) is 0. The molecule has 2 aromatic rings. The summed E-state index contributed by atoms with van der Waals surface area (Å²) in [5.41, 5.74) is 2.51. The van der Waals surface area contributed by atoms with E-state index in [1.54, 1.807) is 4.68 Å². The Hall–Kier alpha value is -2.24. The zero-order valence-corrected chi connectivity index (χ0v) is 12.2. The van der Waals surface area contributed by atoms with E-state index in [1.165, 1.54) is 5.56 Å². The molecule has 0 saturated heterocycles. The van der Waals surface area contributed by atoms with E-state index < -0.39 is 11.4 Å². The van der Waals surface area contributed by atoms with Crippen LogP contribution in [0.3, 0.4) is 0 Å². The summed E-state index contributed by atoms with van der Waals surface area (Å²) in [6.07, 6.45) is 2.33. The number of carboxylic acids is 1. The van der Waals surface area contributed by atoms with E-state index in [0.717, 1.165) is 17.5 Å². The van der Waals surface area contributed by atoms with Gasteiger partial charge in [-0.25, -0.2) is 4.68 Å². The molecule has 1 aliphatic rings. The molecular formula is C15H18N4O2. The number of aromatic nitrogens is 4. The van der Waals surface area contributed by atoms with Crippen LogP contribution in [0.4, 0.5) is 0 Å². The van der Waals surface area contributed by atoms with Gasteiger partial charge < -0.3 is 5.11 Å². The Morgan fingerprint density at radius 2 is 2.14 bits per heavy atom. The molecule has 0 spiro atoms. The van der Waals surface area contributed by atoms with Crippen LogP contribution >= 0.6 is 0 Å². The Morgan fingerprint density at radius 3 is 2.71 bits per heavy atom. The van der Waals surface area contributed by atoms with Crippen LogP contribution in [0.1, 0.15) is 30.4 Å². The van der Waals surface area contributed by atoms with Crippen LogP contribution in [0.25, 0.3) is 11.4 Å². The highest BCUT2D eigenvalue weighted by Gasteiger charge is 2.45. The quantitative estimate of drug-likeness (QED) is 0.932. The number of rotatable bonds is 4. The Bertz CT molecular complexity index is 689. The second-order valence-electron chi connectivity index (χ2n) is 5.92. The number of benzene rings is 1. The monoisotopic (exact) mass is 286 g/mol. The normalized spacial score (nSPS) is 16.5. The molecule has 0 amide bonds. The maximum atomic E-state index is 11.5. The first kappa shape index (κ1) is 13.7. The van der Waals surface area contributed by atoms with Gasteiger partial charge in [-0.05, 0) is 42.7 Å². The molecule has 0 unspecified atom stereocenters. The number of carboxylic acid groups (broad SMARTS) is 1. The van der Waals surface area contributed by atoms with E-state index in [9.17, 15) is 9.90 Å². The van der Waals surface area contributed by atoms with Crippen molar-refractivity contribution in [1.29, 1.82) is 0 Å². The zero-order valence-electron chi connectivity index (χ0n) is 12.2. The molecule has 110 valence electrons. The lowest BCUT2D eigenvalue weighted by atomic mass is 9.69. The van der Waals surface area contributed by atoms with Crippen LogP contribution in [0.15, 0.2) is 18.2 Å². The molecule has 1 aromatic carbocycles. The minimum absolute atomic E-state index is 0.331. The molecule has 1 heterocycles. The van der Waals surface area contributed by atoms with Crippen molar-refractivity contribution in [3.63, 3.8) is 0 Å². The summed E-state index contributed by atoms with van der Waals surface area (Å²) in [5, 5.41) is 21.3. The molecule has 1 saturated carbocycles. The van der Waals surface area contributed by atoms with Crippen LogP contribution in [-0.2, 0) is 11.3 Å². The number of aryl methyl sites for hydroxylation is 2. The average molecular weight is 286 g/mol. The van der Waals surface area contributed by atoms with Crippen LogP contribution in [0, 0.1) is 19.3 Å². The Balaban J connectivity index is 1.96. The third kappa shape index (κ3) is 2.30.